The molecule has 1 aromatic heterocycles. The Bertz CT molecular complexity index is 417. The van der Waals surface area contributed by atoms with Gasteiger partial charge in [0.15, 0.2) is 0 Å². The number of nitrogens with one attached hydrogen (secondary N) is 1. The Labute approximate surface area is 76.9 Å². The van der Waals surface area contributed by atoms with Crippen molar-refractivity contribution < 1.29 is 0 Å². The number of hydrogen-bond donors (Lipinski definition) is 2. The highest BCUT2D eigenvalue weighted by molar-refractivity contribution is 5.81. The molecule has 13 heavy (non-hydrogen) atoms. The first-order chi connectivity index (χ1) is 6.35. The first-order valence-corrected chi connectivity index (χ1v) is 4.51. The molecule has 1 aromatic carbocycles. The van der Waals surface area contributed by atoms with E-state index in [9.17, 15) is 0 Å². The smallest absolute Gasteiger partial charge is 0.0924 e. The second-order valence-electron chi connectivity index (χ2n) is 3.11. The van der Waals surface area contributed by atoms with Crippen LogP contribution in [-0.4, -0.2) is 10.2 Å². The Kier molecular flexibility index (Phi) is 2.02. The van der Waals surface area contributed by atoms with Crippen molar-refractivity contribution in [1.82, 2.24) is 10.2 Å². The standard InChI is InChI=1S/C10H13N3/c1-2-7-3-4-9-8(5-7)10(6-11)13-12-9/h3-5H,2,6,11H2,1H3,(H,12,13). The van der Waals surface area contributed by atoms with Gasteiger partial charge in [0, 0.05) is 11.9 Å². The van der Waals surface area contributed by atoms with Crippen LogP contribution >= 0.6 is 0 Å². The average molecular weight is 175 g/mol. The van der Waals surface area contributed by atoms with E-state index in [4.69, 9.17) is 5.73 Å². The zero-order valence-electron chi connectivity index (χ0n) is 7.67. The number of aromatic nitrogens is 2. The van der Waals surface area contributed by atoms with Gasteiger partial charge >= 0.3 is 0 Å². The SMILES string of the molecule is CCc1ccc2n[nH]c(CN)c2c1. The number of H-pyrrole nitrogens is 1. The number of rotatable bonds is 2. The third kappa shape index (κ3) is 1.31. The Hall–Kier alpha value is -1.35. The van der Waals surface area contributed by atoms with Gasteiger partial charge in [-0.2, -0.15) is 5.10 Å². The lowest BCUT2D eigenvalue weighted by Gasteiger charge is -1.96. The van der Waals surface area contributed by atoms with Gasteiger partial charge in [0.1, 0.15) is 0 Å². The highest BCUT2D eigenvalue weighted by atomic mass is 15.1. The summed E-state index contributed by atoms with van der Waals surface area (Å²) >= 11 is 0. The third-order valence-electron chi connectivity index (χ3n) is 2.31. The summed E-state index contributed by atoms with van der Waals surface area (Å²) in [6.07, 6.45) is 1.05. The highest BCUT2D eigenvalue weighted by Gasteiger charge is 2.03. The summed E-state index contributed by atoms with van der Waals surface area (Å²) in [7, 11) is 0. The summed E-state index contributed by atoms with van der Waals surface area (Å²) in [4.78, 5) is 0. The van der Waals surface area contributed by atoms with Gasteiger partial charge in [-0.3, -0.25) is 5.10 Å². The number of aromatic amines is 1. The van der Waals surface area contributed by atoms with Crippen molar-refractivity contribution >= 4 is 10.9 Å². The molecule has 0 unspecified atom stereocenters. The molecule has 0 atom stereocenters. The number of aryl methyl sites for hydroxylation is 1. The van der Waals surface area contributed by atoms with Crippen molar-refractivity contribution in [1.29, 1.82) is 0 Å². The molecule has 0 spiro atoms. The topological polar surface area (TPSA) is 54.7 Å². The number of benzene rings is 1. The maximum absolute atomic E-state index is 5.58. The van der Waals surface area contributed by atoms with Crippen molar-refractivity contribution in [2.24, 2.45) is 5.73 Å². The Balaban J connectivity index is 2.64. The molecule has 0 saturated heterocycles. The number of hydrogen-bond acceptors (Lipinski definition) is 2. The first-order valence-electron chi connectivity index (χ1n) is 4.51. The lowest BCUT2D eigenvalue weighted by atomic mass is 10.1. The molecule has 0 aliphatic rings. The van der Waals surface area contributed by atoms with E-state index in [0.717, 1.165) is 23.0 Å². The van der Waals surface area contributed by atoms with Gasteiger partial charge in [-0.1, -0.05) is 13.0 Å². The molecule has 2 aromatic rings. The molecule has 2 rings (SSSR count). The molecule has 1 heterocycles. The van der Waals surface area contributed by atoms with Gasteiger partial charge in [0.2, 0.25) is 0 Å². The van der Waals surface area contributed by atoms with Crippen LogP contribution < -0.4 is 5.73 Å². The van der Waals surface area contributed by atoms with Crippen molar-refractivity contribution in [2.45, 2.75) is 19.9 Å². The van der Waals surface area contributed by atoms with Crippen LogP contribution in [0.5, 0.6) is 0 Å². The van der Waals surface area contributed by atoms with Crippen LogP contribution in [0.4, 0.5) is 0 Å². The average Bonchev–Trinajstić information content (AvgIpc) is 2.59. The number of nitrogens with two attached hydrogens (primary N) is 1. The fraction of sp³-hybridized carbons (Fsp3) is 0.300. The fourth-order valence-electron chi connectivity index (χ4n) is 1.49. The predicted molar refractivity (Wildman–Crippen MR) is 53.4 cm³/mol. The van der Waals surface area contributed by atoms with Crippen LogP contribution in [0, 0.1) is 0 Å². The van der Waals surface area contributed by atoms with Crippen molar-refractivity contribution in [3.05, 3.63) is 29.5 Å². The molecular formula is C10H13N3. The summed E-state index contributed by atoms with van der Waals surface area (Å²) < 4.78 is 0. The fourth-order valence-corrected chi connectivity index (χ4v) is 1.49. The Morgan fingerprint density at radius 3 is 3.00 bits per heavy atom. The van der Waals surface area contributed by atoms with Crippen LogP contribution in [0.2, 0.25) is 0 Å². The van der Waals surface area contributed by atoms with E-state index >= 15 is 0 Å². The van der Waals surface area contributed by atoms with Crippen LogP contribution in [-0.2, 0) is 13.0 Å². The molecule has 0 aliphatic heterocycles. The quantitative estimate of drug-likeness (QED) is 0.728. The van der Waals surface area contributed by atoms with E-state index in [1.807, 2.05) is 6.07 Å². The maximum Gasteiger partial charge on any atom is 0.0924 e. The molecule has 3 heteroatoms. The van der Waals surface area contributed by atoms with E-state index in [1.54, 1.807) is 0 Å². The van der Waals surface area contributed by atoms with Crippen LogP contribution in [0.3, 0.4) is 0 Å². The van der Waals surface area contributed by atoms with Gasteiger partial charge in [-0.25, -0.2) is 0 Å². The summed E-state index contributed by atoms with van der Waals surface area (Å²) in [6, 6.07) is 6.29. The first kappa shape index (κ1) is 8.26. The third-order valence-corrected chi connectivity index (χ3v) is 2.31. The molecule has 0 amide bonds. The minimum Gasteiger partial charge on any atom is -0.325 e. The second-order valence-corrected chi connectivity index (χ2v) is 3.11. The second kappa shape index (κ2) is 3.18. The largest absolute Gasteiger partial charge is 0.325 e. The summed E-state index contributed by atoms with van der Waals surface area (Å²) in [5.74, 6) is 0. The van der Waals surface area contributed by atoms with E-state index < -0.39 is 0 Å². The van der Waals surface area contributed by atoms with E-state index in [-0.39, 0.29) is 0 Å². The molecule has 3 N–H and O–H groups in total. The van der Waals surface area contributed by atoms with Gasteiger partial charge in [-0.05, 0) is 24.1 Å². The van der Waals surface area contributed by atoms with E-state index in [0.29, 0.717) is 6.54 Å². The zero-order chi connectivity index (χ0) is 9.26. The molecule has 0 bridgehead atoms. The summed E-state index contributed by atoms with van der Waals surface area (Å²) in [6.45, 7) is 2.66. The van der Waals surface area contributed by atoms with Crippen molar-refractivity contribution in [3.63, 3.8) is 0 Å². The van der Waals surface area contributed by atoms with Crippen LogP contribution in [0.15, 0.2) is 18.2 Å². The number of nitrogens with zero attached hydrogens (tertiary/aromatic N) is 1. The number of fused-ring (bicyclic) bond motifs is 1. The maximum atomic E-state index is 5.58. The minimum atomic E-state index is 0.518. The Morgan fingerprint density at radius 1 is 1.46 bits per heavy atom. The molecule has 3 nitrogen and oxygen atoms in total. The van der Waals surface area contributed by atoms with Gasteiger partial charge in [0.25, 0.3) is 0 Å². The molecule has 0 aliphatic carbocycles. The lowest BCUT2D eigenvalue weighted by molar-refractivity contribution is 0.958. The van der Waals surface area contributed by atoms with Gasteiger partial charge in [0.05, 0.1) is 11.2 Å². The molecule has 0 radical (unpaired) electrons. The predicted octanol–water partition coefficient (Wildman–Crippen LogP) is 1.58. The van der Waals surface area contributed by atoms with Gasteiger partial charge < -0.3 is 5.73 Å². The van der Waals surface area contributed by atoms with E-state index in [2.05, 4.69) is 29.3 Å². The van der Waals surface area contributed by atoms with E-state index in [1.165, 1.54) is 5.56 Å². The molecule has 0 saturated carbocycles. The van der Waals surface area contributed by atoms with Gasteiger partial charge in [-0.15, -0.1) is 0 Å². The zero-order valence-corrected chi connectivity index (χ0v) is 7.67. The highest BCUT2D eigenvalue weighted by Crippen LogP contribution is 2.17. The molecule has 0 fully saturated rings. The van der Waals surface area contributed by atoms with Crippen molar-refractivity contribution in [2.75, 3.05) is 0 Å². The van der Waals surface area contributed by atoms with Crippen molar-refractivity contribution in [3.8, 4) is 0 Å². The van der Waals surface area contributed by atoms with Crippen LogP contribution in [0.1, 0.15) is 18.2 Å². The lowest BCUT2D eigenvalue weighted by Crippen LogP contribution is -1.96. The summed E-state index contributed by atoms with van der Waals surface area (Å²) in [5, 5.41) is 8.25. The molecular weight excluding hydrogens is 162 g/mol. The molecule has 68 valence electrons. The monoisotopic (exact) mass is 175 g/mol. The summed E-state index contributed by atoms with van der Waals surface area (Å²) in [5.41, 5.74) is 8.92. The Morgan fingerprint density at radius 2 is 2.31 bits per heavy atom. The minimum absolute atomic E-state index is 0.518. The normalized spacial score (nSPS) is 10.9. The van der Waals surface area contributed by atoms with Crippen LogP contribution in [0.25, 0.3) is 10.9 Å².